The van der Waals surface area contributed by atoms with E-state index in [2.05, 4.69) is 4.98 Å². The van der Waals surface area contributed by atoms with Crippen molar-refractivity contribution in [1.29, 1.82) is 0 Å². The maximum Gasteiger partial charge on any atom is 0.337 e. The lowest BCUT2D eigenvalue weighted by Gasteiger charge is -2.09. The highest BCUT2D eigenvalue weighted by Gasteiger charge is 2.16. The van der Waals surface area contributed by atoms with E-state index in [4.69, 9.17) is 9.47 Å². The SMILES string of the molecule is Cn1c(COc2ccc3c(c2)CCO3)cc2nccc(C(=O)O)c21. The lowest BCUT2D eigenvalue weighted by Crippen LogP contribution is -2.05. The van der Waals surface area contributed by atoms with E-state index >= 15 is 0 Å². The quantitative estimate of drug-likeness (QED) is 0.799. The molecule has 6 heteroatoms. The van der Waals surface area contributed by atoms with Gasteiger partial charge in [0.1, 0.15) is 18.1 Å². The van der Waals surface area contributed by atoms with E-state index in [-0.39, 0.29) is 5.56 Å². The van der Waals surface area contributed by atoms with Gasteiger partial charge >= 0.3 is 5.97 Å². The first-order valence-corrected chi connectivity index (χ1v) is 7.68. The number of aryl methyl sites for hydroxylation is 1. The number of hydrogen-bond donors (Lipinski definition) is 1. The molecular weight excluding hydrogens is 308 g/mol. The molecule has 24 heavy (non-hydrogen) atoms. The van der Waals surface area contributed by atoms with Crippen LogP contribution in [-0.2, 0) is 20.1 Å². The van der Waals surface area contributed by atoms with Crippen LogP contribution in [0.25, 0.3) is 11.0 Å². The topological polar surface area (TPSA) is 73.6 Å². The standard InChI is InChI=1S/C18H16N2O4/c1-20-12(9-15-17(20)14(18(21)22)4-6-19-15)10-24-13-2-3-16-11(8-13)5-7-23-16/h2-4,6,8-9H,5,7,10H2,1H3,(H,21,22). The van der Waals surface area contributed by atoms with Crippen LogP contribution in [0.2, 0.25) is 0 Å². The van der Waals surface area contributed by atoms with Gasteiger partial charge in [-0.05, 0) is 30.3 Å². The third kappa shape index (κ3) is 2.36. The Morgan fingerprint density at radius 3 is 3.08 bits per heavy atom. The number of fused-ring (bicyclic) bond motifs is 2. The van der Waals surface area contributed by atoms with Crippen LogP contribution in [0, 0.1) is 0 Å². The predicted octanol–water partition coefficient (Wildman–Crippen LogP) is 2.79. The van der Waals surface area contributed by atoms with Gasteiger partial charge in [-0.1, -0.05) is 0 Å². The van der Waals surface area contributed by atoms with Crippen molar-refractivity contribution in [3.8, 4) is 11.5 Å². The minimum absolute atomic E-state index is 0.239. The Balaban J connectivity index is 1.62. The van der Waals surface area contributed by atoms with Gasteiger partial charge in [-0.3, -0.25) is 4.98 Å². The van der Waals surface area contributed by atoms with Gasteiger partial charge in [0, 0.05) is 25.2 Å². The van der Waals surface area contributed by atoms with Crippen molar-refractivity contribution in [1.82, 2.24) is 9.55 Å². The minimum atomic E-state index is -0.963. The summed E-state index contributed by atoms with van der Waals surface area (Å²) in [5, 5.41) is 9.33. The molecule has 1 aliphatic heterocycles. The number of aromatic carboxylic acids is 1. The maximum absolute atomic E-state index is 11.4. The number of benzene rings is 1. The molecule has 0 saturated carbocycles. The van der Waals surface area contributed by atoms with Gasteiger partial charge in [0.25, 0.3) is 0 Å². The van der Waals surface area contributed by atoms with Crippen molar-refractivity contribution in [3.63, 3.8) is 0 Å². The fourth-order valence-electron chi connectivity index (χ4n) is 3.05. The van der Waals surface area contributed by atoms with Crippen LogP contribution < -0.4 is 9.47 Å². The number of ether oxygens (including phenoxy) is 2. The van der Waals surface area contributed by atoms with E-state index < -0.39 is 5.97 Å². The number of carboxylic acids is 1. The van der Waals surface area contributed by atoms with Gasteiger partial charge in [0.15, 0.2) is 0 Å². The van der Waals surface area contributed by atoms with Crippen LogP contribution >= 0.6 is 0 Å². The Hall–Kier alpha value is -3.02. The summed E-state index contributed by atoms with van der Waals surface area (Å²) in [4.78, 5) is 15.6. The summed E-state index contributed by atoms with van der Waals surface area (Å²) in [6, 6.07) is 9.16. The summed E-state index contributed by atoms with van der Waals surface area (Å²) >= 11 is 0. The van der Waals surface area contributed by atoms with E-state index in [1.807, 2.05) is 35.9 Å². The number of aromatic nitrogens is 2. The second-order valence-corrected chi connectivity index (χ2v) is 5.75. The fraction of sp³-hybridized carbons (Fsp3) is 0.222. The zero-order valence-corrected chi connectivity index (χ0v) is 13.2. The Kier molecular flexibility index (Phi) is 3.37. The van der Waals surface area contributed by atoms with Crippen molar-refractivity contribution in [3.05, 3.63) is 53.3 Å². The number of carboxylic acid groups (broad SMARTS) is 1. The largest absolute Gasteiger partial charge is 0.493 e. The molecule has 0 unspecified atom stereocenters. The molecule has 4 rings (SSSR count). The molecule has 6 nitrogen and oxygen atoms in total. The van der Waals surface area contributed by atoms with Gasteiger partial charge in [0.2, 0.25) is 0 Å². The first-order chi connectivity index (χ1) is 11.6. The van der Waals surface area contributed by atoms with Crippen LogP contribution in [0.4, 0.5) is 0 Å². The first-order valence-electron chi connectivity index (χ1n) is 7.68. The van der Waals surface area contributed by atoms with Gasteiger partial charge in [-0.2, -0.15) is 0 Å². The zero-order chi connectivity index (χ0) is 16.7. The Bertz CT molecular complexity index is 946. The highest BCUT2D eigenvalue weighted by atomic mass is 16.5. The van der Waals surface area contributed by atoms with Crippen molar-refractivity contribution in [2.45, 2.75) is 13.0 Å². The maximum atomic E-state index is 11.4. The Morgan fingerprint density at radius 2 is 2.25 bits per heavy atom. The minimum Gasteiger partial charge on any atom is -0.493 e. The van der Waals surface area contributed by atoms with E-state index in [1.165, 1.54) is 12.3 Å². The average Bonchev–Trinajstić information content (AvgIpc) is 3.17. The molecule has 0 amide bonds. The van der Waals surface area contributed by atoms with Crippen molar-refractivity contribution < 1.29 is 19.4 Å². The monoisotopic (exact) mass is 324 g/mol. The van der Waals surface area contributed by atoms with E-state index in [9.17, 15) is 9.90 Å². The molecule has 0 bridgehead atoms. The van der Waals surface area contributed by atoms with E-state index in [1.54, 1.807) is 0 Å². The van der Waals surface area contributed by atoms with Gasteiger partial charge < -0.3 is 19.1 Å². The molecule has 2 aromatic heterocycles. The molecule has 0 fully saturated rings. The molecule has 0 spiro atoms. The number of pyridine rings is 1. The summed E-state index contributed by atoms with van der Waals surface area (Å²) in [6.07, 6.45) is 2.41. The number of rotatable bonds is 4. The molecule has 1 N–H and O–H groups in total. The lowest BCUT2D eigenvalue weighted by molar-refractivity contribution is 0.0698. The lowest BCUT2D eigenvalue weighted by atomic mass is 10.1. The third-order valence-corrected chi connectivity index (χ3v) is 4.30. The molecule has 1 aromatic carbocycles. The molecule has 0 radical (unpaired) electrons. The van der Waals surface area contributed by atoms with Crippen LogP contribution in [0.1, 0.15) is 21.6 Å². The molecule has 1 aliphatic rings. The van der Waals surface area contributed by atoms with E-state index in [0.29, 0.717) is 24.2 Å². The summed E-state index contributed by atoms with van der Waals surface area (Å²) in [6.45, 7) is 1.05. The normalized spacial score (nSPS) is 12.9. The summed E-state index contributed by atoms with van der Waals surface area (Å²) in [7, 11) is 1.83. The van der Waals surface area contributed by atoms with Crippen molar-refractivity contribution >= 4 is 17.0 Å². The zero-order valence-electron chi connectivity index (χ0n) is 13.2. The van der Waals surface area contributed by atoms with Gasteiger partial charge in [0.05, 0.1) is 28.9 Å². The number of nitrogens with zero attached hydrogens (tertiary/aromatic N) is 2. The van der Waals surface area contributed by atoms with Crippen LogP contribution in [0.15, 0.2) is 36.5 Å². The molecule has 0 atom stereocenters. The predicted molar refractivity (Wildman–Crippen MR) is 87.6 cm³/mol. The molecule has 0 saturated heterocycles. The third-order valence-electron chi connectivity index (χ3n) is 4.30. The number of hydrogen-bond acceptors (Lipinski definition) is 4. The molecule has 122 valence electrons. The van der Waals surface area contributed by atoms with E-state index in [0.717, 1.165) is 29.2 Å². The Labute approximate surface area is 138 Å². The number of carbonyl (C=O) groups is 1. The first kappa shape index (κ1) is 14.6. The molecular formula is C18H16N2O4. The van der Waals surface area contributed by atoms with Gasteiger partial charge in [-0.15, -0.1) is 0 Å². The average molecular weight is 324 g/mol. The van der Waals surface area contributed by atoms with Crippen LogP contribution in [0.3, 0.4) is 0 Å². The van der Waals surface area contributed by atoms with Gasteiger partial charge in [-0.25, -0.2) is 4.79 Å². The second kappa shape index (κ2) is 5.56. The second-order valence-electron chi connectivity index (χ2n) is 5.75. The summed E-state index contributed by atoms with van der Waals surface area (Å²) < 4.78 is 13.2. The molecule has 0 aliphatic carbocycles. The van der Waals surface area contributed by atoms with Crippen molar-refractivity contribution in [2.75, 3.05) is 6.61 Å². The van der Waals surface area contributed by atoms with Crippen LogP contribution in [-0.4, -0.2) is 27.2 Å². The summed E-state index contributed by atoms with van der Waals surface area (Å²) in [5.41, 5.74) is 3.51. The highest BCUT2D eigenvalue weighted by Crippen LogP contribution is 2.29. The Morgan fingerprint density at radius 1 is 1.38 bits per heavy atom. The molecule has 3 heterocycles. The highest BCUT2D eigenvalue weighted by molar-refractivity contribution is 6.01. The molecule has 3 aromatic rings. The fourth-order valence-corrected chi connectivity index (χ4v) is 3.05. The summed E-state index contributed by atoms with van der Waals surface area (Å²) in [5.74, 6) is 0.730. The van der Waals surface area contributed by atoms with Crippen LogP contribution in [0.5, 0.6) is 11.5 Å². The smallest absolute Gasteiger partial charge is 0.337 e. The van der Waals surface area contributed by atoms with Crippen molar-refractivity contribution in [2.24, 2.45) is 7.05 Å².